The number of carbonyl (C=O) groups excluding carboxylic acids is 2. The number of benzene rings is 2. The third kappa shape index (κ3) is 4.29. The number of esters is 1. The molecular formula is C23H23F2N3O3. The summed E-state index contributed by atoms with van der Waals surface area (Å²) in [5.74, 6) is -1.41. The van der Waals surface area contributed by atoms with Crippen LogP contribution in [0.1, 0.15) is 35.2 Å². The summed E-state index contributed by atoms with van der Waals surface area (Å²) in [4.78, 5) is 25.0. The Hall–Kier alpha value is -3.26. The van der Waals surface area contributed by atoms with Crippen LogP contribution in [0.3, 0.4) is 0 Å². The van der Waals surface area contributed by atoms with Crippen LogP contribution in [-0.2, 0) is 4.74 Å². The molecule has 2 heterocycles. The number of anilines is 1. The van der Waals surface area contributed by atoms with Crippen molar-refractivity contribution in [1.29, 1.82) is 0 Å². The van der Waals surface area contributed by atoms with E-state index in [1.807, 2.05) is 0 Å². The van der Waals surface area contributed by atoms with Gasteiger partial charge in [-0.05, 0) is 61.9 Å². The first-order valence-corrected chi connectivity index (χ1v) is 10.2. The van der Waals surface area contributed by atoms with Gasteiger partial charge in [-0.3, -0.25) is 4.57 Å². The first-order valence-electron chi connectivity index (χ1n) is 10.2. The van der Waals surface area contributed by atoms with E-state index in [4.69, 9.17) is 4.74 Å². The Bertz CT molecular complexity index is 1130. The number of hydrogen-bond acceptors (Lipinski definition) is 4. The monoisotopic (exact) mass is 427 g/mol. The topological polar surface area (TPSA) is 72.4 Å². The van der Waals surface area contributed by atoms with E-state index < -0.39 is 29.9 Å². The molecular weight excluding hydrogens is 404 g/mol. The normalized spacial score (nSPS) is 18.7. The Morgan fingerprint density at radius 2 is 2.10 bits per heavy atom. The van der Waals surface area contributed by atoms with E-state index in [1.54, 1.807) is 37.4 Å². The first kappa shape index (κ1) is 21.0. The molecule has 2 aromatic carbocycles. The zero-order valence-corrected chi connectivity index (χ0v) is 17.0. The lowest BCUT2D eigenvalue weighted by Gasteiger charge is -2.26. The molecule has 0 spiro atoms. The molecule has 1 amide bonds. The summed E-state index contributed by atoms with van der Waals surface area (Å²) >= 11 is 0. The number of amides is 1. The average molecular weight is 427 g/mol. The summed E-state index contributed by atoms with van der Waals surface area (Å²) in [7, 11) is 0. The highest BCUT2D eigenvalue weighted by molar-refractivity contribution is 6.00. The van der Waals surface area contributed by atoms with E-state index in [2.05, 4.69) is 10.6 Å². The molecule has 0 bridgehead atoms. The van der Waals surface area contributed by atoms with Crippen LogP contribution in [0.25, 0.3) is 10.9 Å². The van der Waals surface area contributed by atoms with Crippen molar-refractivity contribution in [3.63, 3.8) is 0 Å². The summed E-state index contributed by atoms with van der Waals surface area (Å²) in [5, 5.41) is 6.53. The first-order chi connectivity index (χ1) is 15.0. The minimum absolute atomic E-state index is 0.241. The number of alkyl halides is 1. The molecule has 2 atom stereocenters. The molecule has 8 heteroatoms. The molecule has 1 aromatic heterocycles. The number of fused-ring (bicyclic) bond motifs is 1. The van der Waals surface area contributed by atoms with Crippen molar-refractivity contribution in [1.82, 2.24) is 9.88 Å². The second kappa shape index (κ2) is 8.85. The fraction of sp³-hybridized carbons (Fsp3) is 0.304. The lowest BCUT2D eigenvalue weighted by Crippen LogP contribution is -2.36. The SMILES string of the molecule is CCOC(=O)c1cccc(NC(=O)n2cc([C@@H]3CNCC[C@H]3F)c3ccc(F)cc32)c1. The minimum Gasteiger partial charge on any atom is -0.462 e. The van der Waals surface area contributed by atoms with Crippen LogP contribution in [-0.4, -0.2) is 42.4 Å². The van der Waals surface area contributed by atoms with Crippen molar-refractivity contribution < 1.29 is 23.1 Å². The van der Waals surface area contributed by atoms with Crippen LogP contribution in [0, 0.1) is 5.82 Å². The largest absolute Gasteiger partial charge is 0.462 e. The van der Waals surface area contributed by atoms with Gasteiger partial charge in [0.1, 0.15) is 12.0 Å². The third-order valence-electron chi connectivity index (χ3n) is 5.44. The quantitative estimate of drug-likeness (QED) is 0.604. The number of nitrogens with zero attached hydrogens (tertiary/aromatic N) is 1. The van der Waals surface area contributed by atoms with Crippen molar-refractivity contribution in [2.45, 2.75) is 25.4 Å². The Kier molecular flexibility index (Phi) is 5.99. The van der Waals surface area contributed by atoms with Gasteiger partial charge in [0, 0.05) is 29.7 Å². The summed E-state index contributed by atoms with van der Waals surface area (Å²) in [6.07, 6.45) is 0.902. The van der Waals surface area contributed by atoms with E-state index >= 15 is 0 Å². The highest BCUT2D eigenvalue weighted by atomic mass is 19.1. The van der Waals surface area contributed by atoms with Gasteiger partial charge in [-0.2, -0.15) is 0 Å². The number of hydrogen-bond donors (Lipinski definition) is 2. The Morgan fingerprint density at radius 3 is 2.87 bits per heavy atom. The van der Waals surface area contributed by atoms with Crippen LogP contribution < -0.4 is 10.6 Å². The number of piperidine rings is 1. The van der Waals surface area contributed by atoms with Gasteiger partial charge in [0.25, 0.3) is 0 Å². The average Bonchev–Trinajstić information content (AvgIpc) is 3.13. The van der Waals surface area contributed by atoms with Crippen molar-refractivity contribution in [2.24, 2.45) is 0 Å². The van der Waals surface area contributed by atoms with Gasteiger partial charge in [0.05, 0.1) is 17.7 Å². The van der Waals surface area contributed by atoms with Crippen LogP contribution in [0.4, 0.5) is 19.3 Å². The Labute approximate surface area is 178 Å². The molecule has 31 heavy (non-hydrogen) atoms. The van der Waals surface area contributed by atoms with E-state index in [0.29, 0.717) is 47.2 Å². The van der Waals surface area contributed by atoms with Crippen LogP contribution in [0.2, 0.25) is 0 Å². The lowest BCUT2D eigenvalue weighted by atomic mass is 9.90. The van der Waals surface area contributed by atoms with Gasteiger partial charge < -0.3 is 15.4 Å². The molecule has 6 nitrogen and oxygen atoms in total. The molecule has 1 fully saturated rings. The molecule has 0 radical (unpaired) electrons. The number of nitrogens with one attached hydrogen (secondary N) is 2. The summed E-state index contributed by atoms with van der Waals surface area (Å²) in [6.45, 7) is 3.00. The van der Waals surface area contributed by atoms with Gasteiger partial charge in [-0.1, -0.05) is 6.07 Å². The van der Waals surface area contributed by atoms with Crippen LogP contribution >= 0.6 is 0 Å². The molecule has 1 aliphatic rings. The predicted molar refractivity (Wildman–Crippen MR) is 114 cm³/mol. The Balaban J connectivity index is 1.68. The number of carbonyl (C=O) groups is 2. The smallest absolute Gasteiger partial charge is 0.338 e. The maximum Gasteiger partial charge on any atom is 0.338 e. The highest BCUT2D eigenvalue weighted by Crippen LogP contribution is 2.34. The van der Waals surface area contributed by atoms with Crippen molar-refractivity contribution >= 4 is 28.6 Å². The van der Waals surface area contributed by atoms with Crippen LogP contribution in [0.5, 0.6) is 0 Å². The standard InChI is InChI=1S/C23H23F2N3O3/c1-2-31-22(29)14-4-3-5-16(10-14)27-23(30)28-13-19(18-12-26-9-8-20(18)25)17-7-6-15(24)11-21(17)28/h3-7,10-11,13,18,20,26H,2,8-9,12H2,1H3,(H,27,30)/t18-,20+/m0/s1. The van der Waals surface area contributed by atoms with Crippen molar-refractivity contribution in [2.75, 3.05) is 25.0 Å². The fourth-order valence-electron chi connectivity index (χ4n) is 3.94. The van der Waals surface area contributed by atoms with E-state index in [0.717, 1.165) is 0 Å². The van der Waals surface area contributed by atoms with Gasteiger partial charge in [0.15, 0.2) is 0 Å². The minimum atomic E-state index is -1.05. The van der Waals surface area contributed by atoms with Crippen molar-refractivity contribution in [3.8, 4) is 0 Å². The number of rotatable bonds is 4. The van der Waals surface area contributed by atoms with E-state index in [1.165, 1.54) is 22.8 Å². The van der Waals surface area contributed by atoms with E-state index in [-0.39, 0.29) is 6.61 Å². The molecule has 1 saturated heterocycles. The summed E-state index contributed by atoms with van der Waals surface area (Å²) in [6, 6.07) is 9.96. The number of ether oxygens (including phenoxy) is 1. The van der Waals surface area contributed by atoms with Crippen molar-refractivity contribution in [3.05, 3.63) is 65.6 Å². The predicted octanol–water partition coefficient (Wildman–Crippen LogP) is 4.45. The molecule has 0 saturated carbocycles. The maximum absolute atomic E-state index is 14.6. The van der Waals surface area contributed by atoms with Gasteiger partial charge in [0.2, 0.25) is 0 Å². The number of aromatic nitrogens is 1. The number of halogens is 2. The molecule has 2 N–H and O–H groups in total. The molecule has 1 aliphatic heterocycles. The van der Waals surface area contributed by atoms with Gasteiger partial charge in [-0.25, -0.2) is 18.4 Å². The maximum atomic E-state index is 14.6. The molecule has 162 valence electrons. The van der Waals surface area contributed by atoms with Gasteiger partial charge >= 0.3 is 12.0 Å². The van der Waals surface area contributed by atoms with Crippen LogP contribution in [0.15, 0.2) is 48.7 Å². The molecule has 3 aromatic rings. The van der Waals surface area contributed by atoms with E-state index in [9.17, 15) is 18.4 Å². The second-order valence-electron chi connectivity index (χ2n) is 7.46. The second-order valence-corrected chi connectivity index (χ2v) is 7.46. The molecule has 0 unspecified atom stereocenters. The zero-order chi connectivity index (χ0) is 22.0. The fourth-order valence-corrected chi connectivity index (χ4v) is 3.94. The third-order valence-corrected chi connectivity index (χ3v) is 5.44. The Morgan fingerprint density at radius 1 is 1.26 bits per heavy atom. The zero-order valence-electron chi connectivity index (χ0n) is 17.0. The highest BCUT2D eigenvalue weighted by Gasteiger charge is 2.29. The summed E-state index contributed by atoms with van der Waals surface area (Å²) in [5.41, 5.74) is 1.70. The lowest BCUT2D eigenvalue weighted by molar-refractivity contribution is 0.0526. The molecule has 4 rings (SSSR count). The molecule has 0 aliphatic carbocycles. The summed E-state index contributed by atoms with van der Waals surface area (Å²) < 4.78 is 34.8. The van der Waals surface area contributed by atoms with Gasteiger partial charge in [-0.15, -0.1) is 0 Å².